The summed E-state index contributed by atoms with van der Waals surface area (Å²) >= 11 is 0. The predicted octanol–water partition coefficient (Wildman–Crippen LogP) is 7.20. The monoisotopic (exact) mass is 450 g/mol. The van der Waals surface area contributed by atoms with E-state index in [2.05, 4.69) is 4.52 Å². The second-order valence-electron chi connectivity index (χ2n) is 2.71. The minimum atomic E-state index is -0.0197. The van der Waals surface area contributed by atoms with E-state index in [-0.39, 0.29) is 124 Å². The van der Waals surface area contributed by atoms with E-state index in [0.717, 1.165) is 0 Å². The first-order valence-corrected chi connectivity index (χ1v) is 6.12. The highest BCUT2D eigenvalue weighted by molar-refractivity contribution is 7.31. The Morgan fingerprint density at radius 3 is 1.25 bits per heavy atom. The zero-order valence-corrected chi connectivity index (χ0v) is 10.9. The molecule has 0 saturated heterocycles. The molecular weight excluding hydrogens is 379 g/mol. The molecule has 3 N–H and O–H groups in total. The van der Waals surface area contributed by atoms with Gasteiger partial charge in [0.25, 0.3) is 0 Å². The first-order valence-electron chi connectivity index (χ1n) is 5.00. The normalized spacial score (nSPS) is 7.18. The van der Waals surface area contributed by atoms with Gasteiger partial charge in [0.05, 0.1) is 45.5 Å². The maximum Gasteiger partial charge on any atom is 0.0844 e. The maximum atomic E-state index is 8.38. The van der Waals surface area contributed by atoms with Crippen LogP contribution in [0.2, 0.25) is 0 Å². The van der Waals surface area contributed by atoms with Crippen LogP contribution < -0.4 is 0 Å². The summed E-state index contributed by atoms with van der Waals surface area (Å²) in [5.41, 5.74) is 0. The summed E-state index contributed by atoms with van der Waals surface area (Å²) in [4.78, 5) is 0. The quantitative estimate of drug-likeness (QED) is 0.254. The highest BCUT2D eigenvalue weighted by atomic mass is 31.1. The van der Waals surface area contributed by atoms with Crippen molar-refractivity contribution in [1.29, 1.82) is 0 Å². The first kappa shape index (κ1) is 104. The van der Waals surface area contributed by atoms with Gasteiger partial charge in [-0.05, 0) is 6.92 Å². The summed E-state index contributed by atoms with van der Waals surface area (Å²) in [6, 6.07) is 0. The summed E-state index contributed by atoms with van der Waals surface area (Å²) < 4.78 is 14.5. The highest BCUT2D eigenvalue weighted by Crippen LogP contribution is 2.03. The van der Waals surface area contributed by atoms with Crippen molar-refractivity contribution in [3.8, 4) is 0 Å². The molecular formula is C21H71O6P. The summed E-state index contributed by atoms with van der Waals surface area (Å²) in [5, 5.41) is 24.7. The molecule has 0 radical (unpaired) electrons. The molecule has 0 saturated carbocycles. The van der Waals surface area contributed by atoms with Crippen LogP contribution in [0.1, 0.15) is 96.0 Å². The lowest BCUT2D eigenvalue weighted by Crippen LogP contribution is -2.18. The SMILES string of the molecule is C.C.C.C.C.C.C.C.C.C.C.C.CC(COCCO)OCCO.COPCO. The third kappa shape index (κ3) is 133. The molecule has 0 rings (SSSR count). The molecule has 0 aromatic rings. The van der Waals surface area contributed by atoms with Crippen molar-refractivity contribution < 1.29 is 29.3 Å². The van der Waals surface area contributed by atoms with E-state index >= 15 is 0 Å². The number of ether oxygens (including phenoxy) is 2. The molecule has 6 nitrogen and oxygen atoms in total. The molecule has 0 aromatic heterocycles. The predicted molar refractivity (Wildman–Crippen MR) is 144 cm³/mol. The molecule has 0 bridgehead atoms. The minimum Gasteiger partial charge on any atom is -0.394 e. The van der Waals surface area contributed by atoms with Crippen molar-refractivity contribution in [3.63, 3.8) is 0 Å². The van der Waals surface area contributed by atoms with E-state index < -0.39 is 0 Å². The number of rotatable bonds is 9. The van der Waals surface area contributed by atoms with Gasteiger partial charge < -0.3 is 29.3 Å². The third-order valence-corrected chi connectivity index (χ3v) is 1.71. The summed E-state index contributed by atoms with van der Waals surface area (Å²) in [5.74, 6) is 0. The first-order chi connectivity index (χ1) is 7.72. The van der Waals surface area contributed by atoms with Gasteiger partial charge >= 0.3 is 0 Å². The molecule has 7 heteroatoms. The van der Waals surface area contributed by atoms with E-state index in [1.54, 1.807) is 7.11 Å². The molecule has 0 aliphatic heterocycles. The van der Waals surface area contributed by atoms with Crippen LogP contribution in [0.5, 0.6) is 0 Å². The van der Waals surface area contributed by atoms with Crippen molar-refractivity contribution in [1.82, 2.24) is 0 Å². The molecule has 0 fully saturated rings. The Bertz CT molecular complexity index is 121. The Morgan fingerprint density at radius 2 is 1.04 bits per heavy atom. The number of hydrogen-bond acceptors (Lipinski definition) is 6. The van der Waals surface area contributed by atoms with Crippen LogP contribution >= 0.6 is 8.81 Å². The lowest BCUT2D eigenvalue weighted by molar-refractivity contribution is -0.0246. The molecule has 196 valence electrons. The van der Waals surface area contributed by atoms with Gasteiger partial charge in [-0.3, -0.25) is 0 Å². The molecule has 0 aliphatic rings. The van der Waals surface area contributed by atoms with Crippen molar-refractivity contribution in [2.24, 2.45) is 0 Å². The standard InChI is InChI=1S/C7H16O4.C2H7O2P.12CH4/c1-7(11-5-3-9)6-10-4-2-8;1-4-5-2-3;;;;;;;;;;;;/h7-9H,2-6H2,1H3;3,5H,2H2,1H3;12*1H4. The highest BCUT2D eigenvalue weighted by Gasteiger charge is 2.00. The molecule has 0 aliphatic carbocycles. The molecule has 0 amide bonds. The molecule has 2 atom stereocenters. The van der Waals surface area contributed by atoms with E-state index in [1.807, 2.05) is 6.92 Å². The largest absolute Gasteiger partial charge is 0.394 e. The fourth-order valence-corrected chi connectivity index (χ4v) is 0.809. The van der Waals surface area contributed by atoms with Crippen LogP contribution in [0.15, 0.2) is 0 Å². The van der Waals surface area contributed by atoms with Crippen LogP contribution in [0, 0.1) is 0 Å². The van der Waals surface area contributed by atoms with Gasteiger partial charge in [-0.2, -0.15) is 0 Å². The van der Waals surface area contributed by atoms with Gasteiger partial charge in [-0.25, -0.2) is 0 Å². The van der Waals surface area contributed by atoms with E-state index in [9.17, 15) is 0 Å². The van der Waals surface area contributed by atoms with Gasteiger partial charge in [0, 0.05) is 15.9 Å². The van der Waals surface area contributed by atoms with Crippen LogP contribution in [-0.4, -0.2) is 67.9 Å². The lowest BCUT2D eigenvalue weighted by Gasteiger charge is -2.11. The summed E-state index contributed by atoms with van der Waals surface area (Å²) in [6.45, 7) is 3.06. The minimum absolute atomic E-state index is 0. The smallest absolute Gasteiger partial charge is 0.0844 e. The average molecular weight is 451 g/mol. The molecule has 0 heterocycles. The van der Waals surface area contributed by atoms with Crippen LogP contribution in [0.3, 0.4) is 0 Å². The number of hydrogen-bond donors (Lipinski definition) is 3. The maximum absolute atomic E-state index is 8.38. The fourth-order valence-electron chi connectivity index (χ4n) is 0.680. The molecule has 28 heavy (non-hydrogen) atoms. The van der Waals surface area contributed by atoms with Gasteiger partial charge in [0.15, 0.2) is 0 Å². The zero-order chi connectivity index (χ0) is 12.6. The van der Waals surface area contributed by atoms with Gasteiger partial charge in [-0.1, -0.05) is 89.1 Å². The van der Waals surface area contributed by atoms with Crippen LogP contribution in [0.4, 0.5) is 0 Å². The zero-order valence-electron chi connectivity index (χ0n) is 9.89. The van der Waals surface area contributed by atoms with Gasteiger partial charge in [0.1, 0.15) is 0 Å². The second kappa shape index (κ2) is 107. The van der Waals surface area contributed by atoms with Crippen LogP contribution in [-0.2, 0) is 14.0 Å². The second-order valence-corrected chi connectivity index (χ2v) is 3.72. The molecule has 0 spiro atoms. The van der Waals surface area contributed by atoms with E-state index in [0.29, 0.717) is 19.8 Å². The summed E-state index contributed by atoms with van der Waals surface area (Å²) in [7, 11) is 1.82. The number of aliphatic hydroxyl groups excluding tert-OH is 3. The van der Waals surface area contributed by atoms with Crippen molar-refractivity contribution in [3.05, 3.63) is 0 Å². The average Bonchev–Trinajstić information content (AvgIpc) is 2.29. The van der Waals surface area contributed by atoms with Gasteiger partial charge in [-0.15, -0.1) is 0 Å². The number of aliphatic hydroxyl groups is 3. The van der Waals surface area contributed by atoms with Crippen molar-refractivity contribution in [2.45, 2.75) is 102 Å². The van der Waals surface area contributed by atoms with Crippen molar-refractivity contribution >= 4 is 8.81 Å². The molecule has 0 aromatic carbocycles. The summed E-state index contributed by atoms with van der Waals surface area (Å²) in [6.07, 6.45) is 0.130. The Balaban J connectivity index is -0.00000000889. The third-order valence-electron chi connectivity index (χ3n) is 1.29. The van der Waals surface area contributed by atoms with E-state index in [4.69, 9.17) is 24.8 Å². The Hall–Kier alpha value is 0.190. The van der Waals surface area contributed by atoms with Gasteiger partial charge in [0.2, 0.25) is 0 Å². The Labute approximate surface area is 187 Å². The van der Waals surface area contributed by atoms with E-state index in [1.165, 1.54) is 0 Å². The Morgan fingerprint density at radius 1 is 0.679 bits per heavy atom. The Kier molecular flexibility index (Phi) is 396. The fraction of sp³-hybridized carbons (Fsp3) is 1.00. The van der Waals surface area contributed by atoms with Crippen molar-refractivity contribution in [2.75, 3.05) is 46.5 Å². The molecule has 2 unspecified atom stereocenters. The van der Waals surface area contributed by atoms with Crippen LogP contribution in [0.25, 0.3) is 0 Å². The lowest BCUT2D eigenvalue weighted by atomic mass is 10.4. The topological polar surface area (TPSA) is 88.4 Å².